The normalized spacial score (nSPS) is 18.8. The van der Waals surface area contributed by atoms with Crippen LogP contribution in [0.25, 0.3) is 0 Å². The maximum absolute atomic E-state index is 12.3. The van der Waals surface area contributed by atoms with Crippen LogP contribution in [-0.4, -0.2) is 50.7 Å². The summed E-state index contributed by atoms with van der Waals surface area (Å²) in [6.07, 6.45) is 1.36. The van der Waals surface area contributed by atoms with Gasteiger partial charge in [0, 0.05) is 18.4 Å². The molecule has 1 aliphatic heterocycles. The topological polar surface area (TPSA) is 84.0 Å². The Kier molecular flexibility index (Phi) is 3.66. The molecule has 0 saturated carbocycles. The Morgan fingerprint density at radius 2 is 2.29 bits per heavy atom. The number of aryl methyl sites for hydroxylation is 2. The highest BCUT2D eigenvalue weighted by molar-refractivity contribution is 5.92. The summed E-state index contributed by atoms with van der Waals surface area (Å²) in [5.41, 5.74) is 2.21. The Balaban J connectivity index is 1.78. The molecule has 0 aromatic carbocycles. The molecule has 0 radical (unpaired) electrons. The number of hydrogen-bond donors (Lipinski definition) is 1. The van der Waals surface area contributed by atoms with Crippen molar-refractivity contribution in [2.45, 2.75) is 20.0 Å². The Morgan fingerprint density at radius 1 is 1.43 bits per heavy atom. The van der Waals surface area contributed by atoms with Crippen LogP contribution in [-0.2, 0) is 4.74 Å². The Hall–Kier alpha value is -2.28. The first-order chi connectivity index (χ1) is 10.1. The van der Waals surface area contributed by atoms with Gasteiger partial charge in [-0.2, -0.15) is 5.10 Å². The fourth-order valence-electron chi connectivity index (χ4n) is 2.47. The zero-order valence-corrected chi connectivity index (χ0v) is 12.0. The van der Waals surface area contributed by atoms with Crippen LogP contribution in [0.4, 0.5) is 0 Å². The van der Waals surface area contributed by atoms with Crippen LogP contribution in [0.1, 0.15) is 33.8 Å². The molecule has 1 fully saturated rings. The quantitative estimate of drug-likeness (QED) is 0.892. The lowest BCUT2D eigenvalue weighted by molar-refractivity contribution is -0.0250. The number of rotatable bonds is 2. The Bertz CT molecular complexity index is 621. The zero-order chi connectivity index (χ0) is 14.8. The number of nitrogens with zero attached hydrogens (tertiary/aromatic N) is 4. The van der Waals surface area contributed by atoms with Gasteiger partial charge in [-0.15, -0.1) is 0 Å². The smallest absolute Gasteiger partial charge is 0.272 e. The van der Waals surface area contributed by atoms with E-state index in [2.05, 4.69) is 20.2 Å². The zero-order valence-electron chi connectivity index (χ0n) is 12.0. The van der Waals surface area contributed by atoms with E-state index in [-0.39, 0.29) is 12.0 Å². The lowest BCUT2D eigenvalue weighted by atomic mass is 10.1. The SMILES string of the molecule is Cc1cc([C@H]2CN(C(=O)c3ccn[nH]3)CCO2)nc(C)n1. The monoisotopic (exact) mass is 287 g/mol. The van der Waals surface area contributed by atoms with Crippen molar-refractivity contribution in [1.29, 1.82) is 0 Å². The van der Waals surface area contributed by atoms with Gasteiger partial charge in [0.2, 0.25) is 0 Å². The molecule has 2 aromatic heterocycles. The summed E-state index contributed by atoms with van der Waals surface area (Å²) in [7, 11) is 0. The first-order valence-electron chi connectivity index (χ1n) is 6.86. The second-order valence-electron chi connectivity index (χ2n) is 5.06. The summed E-state index contributed by atoms with van der Waals surface area (Å²) in [6, 6.07) is 3.58. The van der Waals surface area contributed by atoms with Gasteiger partial charge >= 0.3 is 0 Å². The van der Waals surface area contributed by atoms with E-state index in [9.17, 15) is 4.79 Å². The molecule has 3 heterocycles. The molecule has 1 N–H and O–H groups in total. The number of hydrogen-bond acceptors (Lipinski definition) is 5. The molecule has 0 unspecified atom stereocenters. The fraction of sp³-hybridized carbons (Fsp3) is 0.429. The van der Waals surface area contributed by atoms with Gasteiger partial charge in [0.15, 0.2) is 0 Å². The molecule has 1 aliphatic rings. The van der Waals surface area contributed by atoms with Crippen molar-refractivity contribution >= 4 is 5.91 Å². The van der Waals surface area contributed by atoms with E-state index in [1.165, 1.54) is 0 Å². The van der Waals surface area contributed by atoms with Crippen LogP contribution in [0.15, 0.2) is 18.3 Å². The number of carbonyl (C=O) groups is 1. The lowest BCUT2D eigenvalue weighted by Gasteiger charge is -2.32. The predicted octanol–water partition coefficient (Wildman–Crippen LogP) is 1.03. The summed E-state index contributed by atoms with van der Waals surface area (Å²) in [5, 5.41) is 6.51. The number of aromatic nitrogens is 4. The number of carbonyl (C=O) groups excluding carboxylic acids is 1. The number of H-pyrrole nitrogens is 1. The molecule has 0 aliphatic carbocycles. The Morgan fingerprint density at radius 3 is 3.00 bits per heavy atom. The highest BCUT2D eigenvalue weighted by atomic mass is 16.5. The van der Waals surface area contributed by atoms with E-state index in [4.69, 9.17) is 4.74 Å². The summed E-state index contributed by atoms with van der Waals surface area (Å²) in [6.45, 7) is 5.32. The summed E-state index contributed by atoms with van der Waals surface area (Å²) < 4.78 is 5.76. The predicted molar refractivity (Wildman–Crippen MR) is 74.7 cm³/mol. The highest BCUT2D eigenvalue weighted by Crippen LogP contribution is 2.22. The van der Waals surface area contributed by atoms with E-state index < -0.39 is 0 Å². The van der Waals surface area contributed by atoms with E-state index in [0.29, 0.717) is 31.2 Å². The number of morpholine rings is 1. The van der Waals surface area contributed by atoms with E-state index in [0.717, 1.165) is 11.4 Å². The second-order valence-corrected chi connectivity index (χ2v) is 5.06. The second kappa shape index (κ2) is 5.61. The third-order valence-electron chi connectivity index (χ3n) is 3.40. The fourth-order valence-corrected chi connectivity index (χ4v) is 2.47. The van der Waals surface area contributed by atoms with Gasteiger partial charge in [-0.05, 0) is 26.0 Å². The maximum Gasteiger partial charge on any atom is 0.272 e. The molecule has 2 aromatic rings. The van der Waals surface area contributed by atoms with Crippen LogP contribution in [0.3, 0.4) is 0 Å². The first-order valence-corrected chi connectivity index (χ1v) is 6.86. The van der Waals surface area contributed by atoms with Crippen molar-refractivity contribution in [1.82, 2.24) is 25.1 Å². The van der Waals surface area contributed by atoms with Crippen LogP contribution in [0, 0.1) is 13.8 Å². The molecular formula is C14H17N5O2. The molecule has 0 bridgehead atoms. The molecule has 7 heteroatoms. The molecule has 21 heavy (non-hydrogen) atoms. The van der Waals surface area contributed by atoms with Crippen molar-refractivity contribution in [3.05, 3.63) is 41.2 Å². The van der Waals surface area contributed by atoms with Crippen molar-refractivity contribution in [3.8, 4) is 0 Å². The highest BCUT2D eigenvalue weighted by Gasteiger charge is 2.27. The lowest BCUT2D eigenvalue weighted by Crippen LogP contribution is -2.42. The van der Waals surface area contributed by atoms with Gasteiger partial charge in [0.1, 0.15) is 17.6 Å². The first kappa shape index (κ1) is 13.7. The largest absolute Gasteiger partial charge is 0.368 e. The molecule has 1 atom stereocenters. The van der Waals surface area contributed by atoms with Crippen LogP contribution < -0.4 is 0 Å². The van der Waals surface area contributed by atoms with E-state index in [1.54, 1.807) is 17.2 Å². The summed E-state index contributed by atoms with van der Waals surface area (Å²) >= 11 is 0. The van der Waals surface area contributed by atoms with Crippen molar-refractivity contribution in [2.24, 2.45) is 0 Å². The number of aromatic amines is 1. The molecule has 1 amide bonds. The van der Waals surface area contributed by atoms with Gasteiger partial charge in [0.05, 0.1) is 18.8 Å². The summed E-state index contributed by atoms with van der Waals surface area (Å²) in [5.74, 6) is 0.647. The minimum absolute atomic E-state index is 0.0664. The van der Waals surface area contributed by atoms with Crippen LogP contribution in [0.2, 0.25) is 0 Å². The van der Waals surface area contributed by atoms with Crippen LogP contribution in [0.5, 0.6) is 0 Å². The van der Waals surface area contributed by atoms with Gasteiger partial charge in [-0.1, -0.05) is 0 Å². The third kappa shape index (κ3) is 2.92. The average Bonchev–Trinajstić information content (AvgIpc) is 3.00. The molecular weight excluding hydrogens is 270 g/mol. The van der Waals surface area contributed by atoms with E-state index in [1.807, 2.05) is 19.9 Å². The minimum Gasteiger partial charge on any atom is -0.368 e. The van der Waals surface area contributed by atoms with Gasteiger partial charge < -0.3 is 9.64 Å². The number of nitrogens with one attached hydrogen (secondary N) is 1. The molecule has 0 spiro atoms. The summed E-state index contributed by atoms with van der Waals surface area (Å²) in [4.78, 5) is 22.8. The Labute approximate surface area is 122 Å². The minimum atomic E-state index is -0.217. The molecule has 1 saturated heterocycles. The number of ether oxygens (including phenoxy) is 1. The van der Waals surface area contributed by atoms with Gasteiger partial charge in [-0.25, -0.2) is 9.97 Å². The average molecular weight is 287 g/mol. The maximum atomic E-state index is 12.3. The molecule has 7 nitrogen and oxygen atoms in total. The number of amides is 1. The third-order valence-corrected chi connectivity index (χ3v) is 3.40. The van der Waals surface area contributed by atoms with Gasteiger partial charge in [0.25, 0.3) is 5.91 Å². The molecule has 110 valence electrons. The van der Waals surface area contributed by atoms with Crippen molar-refractivity contribution in [3.63, 3.8) is 0 Å². The van der Waals surface area contributed by atoms with Crippen molar-refractivity contribution in [2.75, 3.05) is 19.7 Å². The standard InChI is InChI=1S/C14H17N5O2/c1-9-7-12(17-10(2)16-9)13-8-19(5-6-21-13)14(20)11-3-4-15-18-11/h3-4,7,13H,5-6,8H2,1-2H3,(H,15,18)/t13-/m1/s1. The van der Waals surface area contributed by atoms with Crippen LogP contribution >= 0.6 is 0 Å². The van der Waals surface area contributed by atoms with E-state index >= 15 is 0 Å². The van der Waals surface area contributed by atoms with Crippen molar-refractivity contribution < 1.29 is 9.53 Å². The van der Waals surface area contributed by atoms with Gasteiger partial charge in [-0.3, -0.25) is 9.89 Å². The molecule has 3 rings (SSSR count).